The molecule has 3 atom stereocenters. The molecule has 0 aliphatic heterocycles. The summed E-state index contributed by atoms with van der Waals surface area (Å²) in [5, 5.41) is 3.84. The number of hydrogen-bond donors (Lipinski definition) is 1. The average molecular weight is 259 g/mol. The minimum atomic E-state index is 0.469. The number of benzene rings is 1. The molecule has 1 aromatic rings. The second kappa shape index (κ2) is 6.56. The third-order valence-electron chi connectivity index (χ3n) is 4.72. The van der Waals surface area contributed by atoms with E-state index < -0.39 is 0 Å². The largest absolute Gasteiger partial charge is 0.307 e. The molecule has 1 fully saturated rings. The Labute approximate surface area is 118 Å². The molecule has 1 aromatic carbocycles. The molecule has 0 saturated heterocycles. The zero-order chi connectivity index (χ0) is 13.8. The van der Waals surface area contributed by atoms with Crippen LogP contribution < -0.4 is 5.32 Å². The Morgan fingerprint density at radius 2 is 1.74 bits per heavy atom. The van der Waals surface area contributed by atoms with E-state index in [1.165, 1.54) is 36.8 Å². The summed E-state index contributed by atoms with van der Waals surface area (Å²) in [6.45, 7) is 9.19. The van der Waals surface area contributed by atoms with Crippen LogP contribution in [0.2, 0.25) is 0 Å². The first-order valence-electron chi connectivity index (χ1n) is 7.89. The minimum Gasteiger partial charge on any atom is -0.307 e. The molecule has 2 rings (SSSR count). The first-order valence-corrected chi connectivity index (χ1v) is 7.89. The van der Waals surface area contributed by atoms with E-state index in [0.717, 1.165) is 11.8 Å². The molecule has 0 heterocycles. The van der Waals surface area contributed by atoms with Crippen LogP contribution in [0, 0.1) is 18.8 Å². The van der Waals surface area contributed by atoms with Crippen LogP contribution in [0.3, 0.4) is 0 Å². The van der Waals surface area contributed by atoms with Crippen molar-refractivity contribution >= 4 is 0 Å². The normalized spacial score (nSPS) is 25.5. The molecule has 0 spiro atoms. The highest BCUT2D eigenvalue weighted by molar-refractivity contribution is 5.23. The van der Waals surface area contributed by atoms with Gasteiger partial charge in [-0.05, 0) is 44.1 Å². The molecule has 0 radical (unpaired) electrons. The van der Waals surface area contributed by atoms with Crippen LogP contribution in [0.1, 0.15) is 63.6 Å². The number of rotatable bonds is 4. The lowest BCUT2D eigenvalue weighted by Gasteiger charge is -2.34. The highest BCUT2D eigenvalue weighted by Crippen LogP contribution is 2.31. The summed E-state index contributed by atoms with van der Waals surface area (Å²) < 4.78 is 0. The molecule has 106 valence electrons. The van der Waals surface area contributed by atoms with Crippen LogP contribution in [0.5, 0.6) is 0 Å². The number of hydrogen-bond acceptors (Lipinski definition) is 1. The fraction of sp³-hybridized carbons (Fsp3) is 0.667. The van der Waals surface area contributed by atoms with E-state index in [1.807, 2.05) is 0 Å². The van der Waals surface area contributed by atoms with E-state index in [4.69, 9.17) is 0 Å². The molecule has 19 heavy (non-hydrogen) atoms. The average Bonchev–Trinajstić information content (AvgIpc) is 2.39. The molecule has 1 heteroatoms. The summed E-state index contributed by atoms with van der Waals surface area (Å²) in [5.74, 6) is 1.75. The van der Waals surface area contributed by atoms with Crippen molar-refractivity contribution in [2.75, 3.05) is 0 Å². The summed E-state index contributed by atoms with van der Waals surface area (Å²) in [6.07, 6.45) is 5.52. The lowest BCUT2D eigenvalue weighted by atomic mass is 9.79. The first-order chi connectivity index (χ1) is 9.06. The van der Waals surface area contributed by atoms with Crippen molar-refractivity contribution < 1.29 is 0 Å². The summed E-state index contributed by atoms with van der Waals surface area (Å²) in [4.78, 5) is 0. The van der Waals surface area contributed by atoms with Crippen molar-refractivity contribution in [1.29, 1.82) is 0 Å². The predicted octanol–water partition coefficient (Wildman–Crippen LogP) is 4.86. The van der Waals surface area contributed by atoms with Gasteiger partial charge >= 0.3 is 0 Å². The van der Waals surface area contributed by atoms with Crippen molar-refractivity contribution in [1.82, 2.24) is 5.32 Å². The minimum absolute atomic E-state index is 0.469. The molecule has 1 saturated carbocycles. The fourth-order valence-corrected chi connectivity index (χ4v) is 3.29. The van der Waals surface area contributed by atoms with Gasteiger partial charge in [0.05, 0.1) is 0 Å². The predicted molar refractivity (Wildman–Crippen MR) is 83.3 cm³/mol. The van der Waals surface area contributed by atoms with E-state index in [0.29, 0.717) is 12.1 Å². The molecule has 1 N–H and O–H groups in total. The third kappa shape index (κ3) is 4.07. The van der Waals surface area contributed by atoms with Crippen LogP contribution >= 0.6 is 0 Å². The highest BCUT2D eigenvalue weighted by Gasteiger charge is 2.25. The number of aryl methyl sites for hydroxylation is 1. The quantitative estimate of drug-likeness (QED) is 0.814. The highest BCUT2D eigenvalue weighted by atomic mass is 14.9. The summed E-state index contributed by atoms with van der Waals surface area (Å²) in [6, 6.07) is 10.1. The lowest BCUT2D eigenvalue weighted by molar-refractivity contribution is 0.223. The van der Waals surface area contributed by atoms with Gasteiger partial charge in [-0.15, -0.1) is 0 Å². The smallest absolute Gasteiger partial charge is 0.0294 e. The van der Waals surface area contributed by atoms with Gasteiger partial charge in [0.15, 0.2) is 0 Å². The Bertz CT molecular complexity index is 379. The van der Waals surface area contributed by atoms with Crippen molar-refractivity contribution in [3.63, 3.8) is 0 Å². The standard InChI is InChI=1S/C18H29N/c1-13(2)17-6-5-7-18(12-17)19-15(4)16-10-8-14(3)9-11-16/h8-11,13,15,17-19H,5-7,12H2,1-4H3. The molecule has 0 amide bonds. The number of nitrogens with one attached hydrogen (secondary N) is 1. The van der Waals surface area contributed by atoms with Gasteiger partial charge in [0.25, 0.3) is 0 Å². The van der Waals surface area contributed by atoms with Gasteiger partial charge in [0.2, 0.25) is 0 Å². The van der Waals surface area contributed by atoms with Gasteiger partial charge in [-0.1, -0.05) is 56.5 Å². The molecule has 1 aliphatic carbocycles. The fourth-order valence-electron chi connectivity index (χ4n) is 3.29. The maximum Gasteiger partial charge on any atom is 0.0294 e. The van der Waals surface area contributed by atoms with Crippen molar-refractivity contribution in [3.8, 4) is 0 Å². The second-order valence-electron chi connectivity index (χ2n) is 6.67. The molecular formula is C18H29N. The van der Waals surface area contributed by atoms with E-state index in [1.54, 1.807) is 0 Å². The first kappa shape index (κ1) is 14.6. The van der Waals surface area contributed by atoms with Crippen LogP contribution in [-0.4, -0.2) is 6.04 Å². The zero-order valence-electron chi connectivity index (χ0n) is 12.9. The van der Waals surface area contributed by atoms with E-state index >= 15 is 0 Å². The Kier molecular flexibility index (Phi) is 5.04. The van der Waals surface area contributed by atoms with Crippen molar-refractivity contribution in [2.24, 2.45) is 11.8 Å². The summed E-state index contributed by atoms with van der Waals surface area (Å²) >= 11 is 0. The molecular weight excluding hydrogens is 230 g/mol. The SMILES string of the molecule is Cc1ccc(C(C)NC2CCCC(C(C)C)C2)cc1. The molecule has 1 aliphatic rings. The Morgan fingerprint density at radius 1 is 1.05 bits per heavy atom. The Morgan fingerprint density at radius 3 is 2.37 bits per heavy atom. The van der Waals surface area contributed by atoms with Crippen LogP contribution in [-0.2, 0) is 0 Å². The van der Waals surface area contributed by atoms with Gasteiger partial charge in [0, 0.05) is 12.1 Å². The zero-order valence-corrected chi connectivity index (χ0v) is 12.9. The molecule has 1 nitrogen and oxygen atoms in total. The molecule has 0 bridgehead atoms. The van der Waals surface area contributed by atoms with Crippen LogP contribution in [0.25, 0.3) is 0 Å². The van der Waals surface area contributed by atoms with Crippen molar-refractivity contribution in [2.45, 2.75) is 65.5 Å². The van der Waals surface area contributed by atoms with Crippen molar-refractivity contribution in [3.05, 3.63) is 35.4 Å². The molecule has 3 unspecified atom stereocenters. The lowest BCUT2D eigenvalue weighted by Crippen LogP contribution is -2.37. The maximum absolute atomic E-state index is 3.84. The Hall–Kier alpha value is -0.820. The van der Waals surface area contributed by atoms with E-state index in [-0.39, 0.29) is 0 Å². The molecule has 0 aromatic heterocycles. The summed E-state index contributed by atoms with van der Waals surface area (Å²) in [7, 11) is 0. The van der Waals surface area contributed by atoms with Crippen LogP contribution in [0.15, 0.2) is 24.3 Å². The summed E-state index contributed by atoms with van der Waals surface area (Å²) in [5.41, 5.74) is 2.76. The Balaban J connectivity index is 1.91. The third-order valence-corrected chi connectivity index (χ3v) is 4.72. The van der Waals surface area contributed by atoms with Gasteiger partial charge in [0.1, 0.15) is 0 Å². The topological polar surface area (TPSA) is 12.0 Å². The van der Waals surface area contributed by atoms with Gasteiger partial charge in [-0.2, -0.15) is 0 Å². The van der Waals surface area contributed by atoms with E-state index in [9.17, 15) is 0 Å². The van der Waals surface area contributed by atoms with Gasteiger partial charge < -0.3 is 5.32 Å². The monoisotopic (exact) mass is 259 g/mol. The second-order valence-corrected chi connectivity index (χ2v) is 6.67. The van der Waals surface area contributed by atoms with E-state index in [2.05, 4.69) is 57.3 Å². The van der Waals surface area contributed by atoms with Gasteiger partial charge in [-0.25, -0.2) is 0 Å². The maximum atomic E-state index is 3.84. The van der Waals surface area contributed by atoms with Gasteiger partial charge in [-0.3, -0.25) is 0 Å². The van der Waals surface area contributed by atoms with Crippen LogP contribution in [0.4, 0.5) is 0 Å².